The minimum atomic E-state index is -0.905. The van der Waals surface area contributed by atoms with Crippen LogP contribution in [0.3, 0.4) is 0 Å². The van der Waals surface area contributed by atoms with Crippen LogP contribution >= 0.6 is 0 Å². The lowest BCUT2D eigenvalue weighted by Crippen LogP contribution is -2.34. The SMILES string of the molecule is C[C@@H](Oc1ccc(C(=O)C2CC2)cc1)c1nc(-c2ccc(C(=O)NC3C[C@@H](O)[C@@H](O)C3)c(F)c2)no1.C[C@@H](Oc1ccc(C(=O)C2CC2)cc1)c1nc(-c2ccc(C(=O)NC3C[C@@H](O)[C@@H](O)C3)c(F)c2)no1. The molecule has 0 saturated heterocycles. The summed E-state index contributed by atoms with van der Waals surface area (Å²) in [5.74, 6) is -0.460. The van der Waals surface area contributed by atoms with Gasteiger partial charge in [0, 0.05) is 46.2 Å². The molecule has 0 spiro atoms. The summed E-state index contributed by atoms with van der Waals surface area (Å²) in [5.41, 5.74) is 1.63. The molecule has 4 aromatic carbocycles. The first-order chi connectivity index (χ1) is 34.6. The van der Waals surface area contributed by atoms with Crippen LogP contribution in [0, 0.1) is 23.5 Å². The zero-order chi connectivity index (χ0) is 50.8. The van der Waals surface area contributed by atoms with Crippen LogP contribution in [0.1, 0.15) is 131 Å². The van der Waals surface area contributed by atoms with Crippen molar-refractivity contribution in [2.75, 3.05) is 0 Å². The predicted octanol–water partition coefficient (Wildman–Crippen LogP) is 6.44. The number of ether oxygens (including phenoxy) is 2. The van der Waals surface area contributed by atoms with Crippen LogP contribution in [0.2, 0.25) is 0 Å². The highest BCUT2D eigenvalue weighted by molar-refractivity contribution is 6.00. The van der Waals surface area contributed by atoms with E-state index in [1.54, 1.807) is 62.4 Å². The van der Waals surface area contributed by atoms with E-state index >= 15 is 0 Å². The number of aliphatic hydroxyl groups is 4. The van der Waals surface area contributed by atoms with Crippen molar-refractivity contribution in [3.05, 3.63) is 131 Å². The number of nitrogens with one attached hydrogen (secondary N) is 2. The fourth-order valence-electron chi connectivity index (χ4n) is 8.53. The lowest BCUT2D eigenvalue weighted by molar-refractivity contribution is 0.0438. The maximum atomic E-state index is 14.7. The van der Waals surface area contributed by atoms with E-state index in [4.69, 9.17) is 18.5 Å². The van der Waals surface area contributed by atoms with E-state index in [9.17, 15) is 48.4 Å². The predicted molar refractivity (Wildman–Crippen MR) is 249 cm³/mol. The van der Waals surface area contributed by atoms with E-state index in [2.05, 4.69) is 30.9 Å². The molecule has 4 saturated carbocycles. The monoisotopic (exact) mass is 990 g/mol. The van der Waals surface area contributed by atoms with Crippen LogP contribution in [0.5, 0.6) is 11.5 Å². The number of rotatable bonds is 16. The summed E-state index contributed by atoms with van der Waals surface area (Å²) in [6.07, 6.45) is -0.178. The summed E-state index contributed by atoms with van der Waals surface area (Å²) in [4.78, 5) is 57.8. The van der Waals surface area contributed by atoms with Crippen molar-refractivity contribution in [3.63, 3.8) is 0 Å². The molecule has 2 heterocycles. The van der Waals surface area contributed by atoms with E-state index < -0.39 is 72.2 Å². The molecule has 0 radical (unpaired) electrons. The van der Waals surface area contributed by atoms with E-state index in [1.165, 1.54) is 24.3 Å². The number of Topliss-reactive ketones (excluding diaryl/α,β-unsaturated/α-hetero) is 2. The van der Waals surface area contributed by atoms with Gasteiger partial charge in [-0.15, -0.1) is 0 Å². The van der Waals surface area contributed by atoms with Gasteiger partial charge >= 0.3 is 0 Å². The van der Waals surface area contributed by atoms with Gasteiger partial charge in [-0.25, -0.2) is 8.78 Å². The molecule has 2 unspecified atom stereocenters. The third-order valence-corrected chi connectivity index (χ3v) is 13.0. The summed E-state index contributed by atoms with van der Waals surface area (Å²) >= 11 is 0. The summed E-state index contributed by atoms with van der Waals surface area (Å²) in [6, 6.07) is 20.9. The van der Waals surface area contributed by atoms with Gasteiger partial charge in [0.05, 0.1) is 35.5 Å². The van der Waals surface area contributed by atoms with E-state index in [0.29, 0.717) is 33.8 Å². The van der Waals surface area contributed by atoms with Crippen molar-refractivity contribution in [2.24, 2.45) is 11.8 Å². The number of hydrogen-bond donors (Lipinski definition) is 6. The molecule has 18 nitrogen and oxygen atoms in total. The second kappa shape index (κ2) is 21.2. The molecule has 20 heteroatoms. The molecule has 4 aliphatic carbocycles. The smallest absolute Gasteiger partial charge is 0.267 e. The lowest BCUT2D eigenvalue weighted by Gasteiger charge is -2.12. The quantitative estimate of drug-likeness (QED) is 0.0569. The fraction of sp³-hybridized carbons (Fsp3) is 0.385. The maximum Gasteiger partial charge on any atom is 0.267 e. The number of carbonyl (C=O) groups excluding carboxylic acids is 4. The Balaban J connectivity index is 0.000000178. The van der Waals surface area contributed by atoms with Gasteiger partial charge in [0.15, 0.2) is 23.8 Å². The standard InChI is InChI=1S/2C26H26FN3O6/c2*1-13(35-18-7-4-15(5-8-18)23(33)14-2-3-14)26-29-24(30-36-26)16-6-9-19(20(27)10-16)25(34)28-17-11-21(31)22(32)12-17/h2*4-10,13-14,17,21-22,31-32H,2-3,11-12H2,1H3,(H,28,34)/t2*13-,17?,21-,22+/m11/s1. The summed E-state index contributed by atoms with van der Waals surface area (Å²) in [6.45, 7) is 3.46. The molecule has 4 fully saturated rings. The number of aromatic nitrogens is 4. The van der Waals surface area contributed by atoms with Gasteiger partial charge in [0.2, 0.25) is 11.6 Å². The van der Waals surface area contributed by atoms with Crippen molar-refractivity contribution in [3.8, 4) is 34.3 Å². The van der Waals surface area contributed by atoms with Gasteiger partial charge in [-0.2, -0.15) is 9.97 Å². The zero-order valence-electron chi connectivity index (χ0n) is 39.1. The Morgan fingerprint density at radius 3 is 1.22 bits per heavy atom. The second-order valence-electron chi connectivity index (χ2n) is 18.7. The number of benzene rings is 4. The largest absolute Gasteiger partial charge is 0.481 e. The Morgan fingerprint density at radius 1 is 0.556 bits per heavy atom. The molecule has 6 aromatic rings. The minimum absolute atomic E-state index is 0.138. The number of aliphatic hydroxyl groups excluding tert-OH is 4. The highest BCUT2D eigenvalue weighted by atomic mass is 19.1. The molecule has 72 heavy (non-hydrogen) atoms. The fourth-order valence-corrected chi connectivity index (χ4v) is 8.53. The van der Waals surface area contributed by atoms with Crippen LogP contribution in [0.15, 0.2) is 94.0 Å². The van der Waals surface area contributed by atoms with Crippen LogP contribution in [0.25, 0.3) is 22.8 Å². The highest BCUT2D eigenvalue weighted by Crippen LogP contribution is 2.35. The van der Waals surface area contributed by atoms with Crippen LogP contribution < -0.4 is 20.1 Å². The second-order valence-corrected chi connectivity index (χ2v) is 18.7. The van der Waals surface area contributed by atoms with Gasteiger partial charge in [0.1, 0.15) is 23.1 Å². The van der Waals surface area contributed by atoms with Gasteiger partial charge in [-0.1, -0.05) is 22.4 Å². The van der Waals surface area contributed by atoms with E-state index in [1.807, 2.05) is 0 Å². The molecule has 6 N–H and O–H groups in total. The number of ketones is 2. The molecule has 4 aliphatic rings. The van der Waals surface area contributed by atoms with Gasteiger partial charge in [-0.3, -0.25) is 19.2 Å². The Morgan fingerprint density at radius 2 is 0.903 bits per heavy atom. The van der Waals surface area contributed by atoms with E-state index in [0.717, 1.165) is 37.8 Å². The molecule has 10 rings (SSSR count). The number of carbonyl (C=O) groups is 4. The normalized spacial score (nSPS) is 22.3. The first-order valence-electron chi connectivity index (χ1n) is 23.8. The molecule has 2 amide bonds. The summed E-state index contributed by atoms with van der Waals surface area (Å²) in [7, 11) is 0. The van der Waals surface area contributed by atoms with Crippen molar-refractivity contribution in [1.82, 2.24) is 30.9 Å². The molecule has 0 aliphatic heterocycles. The van der Waals surface area contributed by atoms with Gasteiger partial charge < -0.3 is 49.6 Å². The van der Waals surface area contributed by atoms with Crippen LogP contribution in [-0.2, 0) is 0 Å². The number of nitrogens with zero attached hydrogens (tertiary/aromatic N) is 4. The summed E-state index contributed by atoms with van der Waals surface area (Å²) < 4.78 is 51.7. The number of hydrogen-bond acceptors (Lipinski definition) is 16. The Labute approximate surface area is 410 Å². The Kier molecular flexibility index (Phi) is 14.7. The van der Waals surface area contributed by atoms with Gasteiger partial charge in [0.25, 0.3) is 23.6 Å². The molecular formula is C52H52F2N6O12. The van der Waals surface area contributed by atoms with E-state index in [-0.39, 0.29) is 83.6 Å². The van der Waals surface area contributed by atoms with Crippen molar-refractivity contribution in [1.29, 1.82) is 0 Å². The average Bonchev–Trinajstić information content (AvgIpc) is 4.22. The van der Waals surface area contributed by atoms with Crippen LogP contribution in [-0.4, -0.2) is 101 Å². The number of halogens is 2. The average molecular weight is 991 g/mol. The zero-order valence-corrected chi connectivity index (χ0v) is 39.1. The Bertz CT molecular complexity index is 2720. The molecule has 376 valence electrons. The molecule has 0 bridgehead atoms. The van der Waals surface area contributed by atoms with Crippen molar-refractivity contribution < 1.29 is 66.9 Å². The third kappa shape index (κ3) is 11.7. The van der Waals surface area contributed by atoms with Crippen molar-refractivity contribution >= 4 is 23.4 Å². The topological polar surface area (TPSA) is 270 Å². The third-order valence-electron chi connectivity index (χ3n) is 13.0. The highest BCUT2D eigenvalue weighted by Gasteiger charge is 2.35. The number of amides is 2. The van der Waals surface area contributed by atoms with Crippen LogP contribution in [0.4, 0.5) is 8.78 Å². The maximum absolute atomic E-state index is 14.7. The first-order valence-corrected chi connectivity index (χ1v) is 23.8. The molecular weight excluding hydrogens is 939 g/mol. The Hall–Kier alpha value is -7.26. The first kappa shape index (κ1) is 49.7. The molecule has 8 atom stereocenters. The summed E-state index contributed by atoms with van der Waals surface area (Å²) in [5, 5.41) is 51.5. The van der Waals surface area contributed by atoms with Gasteiger partial charge in [-0.05, 0) is 138 Å². The van der Waals surface area contributed by atoms with Crippen molar-refractivity contribution in [2.45, 2.75) is 114 Å². The molecule has 2 aromatic heterocycles. The lowest BCUT2D eigenvalue weighted by atomic mass is 10.1. The minimum Gasteiger partial charge on any atom is -0.481 e.